The predicted molar refractivity (Wildman–Crippen MR) is 86.8 cm³/mol. The number of nitrogens with one attached hydrogen (secondary N) is 1. The summed E-state index contributed by atoms with van der Waals surface area (Å²) in [4.78, 5) is 26.1. The van der Waals surface area contributed by atoms with Crippen molar-refractivity contribution < 1.29 is 14.3 Å². The minimum Gasteiger partial charge on any atom is -0.381 e. The lowest BCUT2D eigenvalue weighted by atomic mass is 9.90. The molecule has 2 aliphatic heterocycles. The first-order valence-corrected chi connectivity index (χ1v) is 8.34. The number of fused-ring (bicyclic) bond motifs is 1. The molecule has 1 N–H and O–H groups in total. The van der Waals surface area contributed by atoms with Crippen LogP contribution in [-0.4, -0.2) is 43.0 Å². The van der Waals surface area contributed by atoms with E-state index in [1.165, 1.54) is 5.56 Å². The molecule has 0 radical (unpaired) electrons. The second kappa shape index (κ2) is 7.13. The van der Waals surface area contributed by atoms with Crippen molar-refractivity contribution in [3.63, 3.8) is 0 Å². The highest BCUT2D eigenvalue weighted by atomic mass is 16.5. The van der Waals surface area contributed by atoms with E-state index in [1.54, 1.807) is 6.92 Å². The topological polar surface area (TPSA) is 58.6 Å². The molecular weight excluding hydrogens is 292 g/mol. The first-order valence-electron chi connectivity index (χ1n) is 8.34. The molecule has 124 valence electrons. The van der Waals surface area contributed by atoms with Crippen molar-refractivity contribution >= 4 is 11.8 Å². The third-order valence-corrected chi connectivity index (χ3v) is 4.81. The molecule has 23 heavy (non-hydrogen) atoms. The van der Waals surface area contributed by atoms with Crippen LogP contribution in [0.2, 0.25) is 0 Å². The highest BCUT2D eigenvalue weighted by Crippen LogP contribution is 2.32. The zero-order chi connectivity index (χ0) is 16.2. The SMILES string of the molecule is CC(=O)N1CCc2ccccc2[C@@H]1CC(=O)NC[C@@H]1CCOC1. The van der Waals surface area contributed by atoms with Gasteiger partial charge in [-0.1, -0.05) is 24.3 Å². The van der Waals surface area contributed by atoms with E-state index >= 15 is 0 Å². The molecule has 0 unspecified atom stereocenters. The Hall–Kier alpha value is -1.88. The Morgan fingerprint density at radius 3 is 2.91 bits per heavy atom. The monoisotopic (exact) mass is 316 g/mol. The summed E-state index contributed by atoms with van der Waals surface area (Å²) >= 11 is 0. The predicted octanol–water partition coefficient (Wildman–Crippen LogP) is 1.68. The van der Waals surface area contributed by atoms with Crippen LogP contribution in [0.1, 0.15) is 36.9 Å². The zero-order valence-corrected chi connectivity index (χ0v) is 13.6. The fraction of sp³-hybridized carbons (Fsp3) is 0.556. The van der Waals surface area contributed by atoms with Crippen molar-refractivity contribution in [1.29, 1.82) is 0 Å². The van der Waals surface area contributed by atoms with Gasteiger partial charge in [-0.25, -0.2) is 0 Å². The van der Waals surface area contributed by atoms with Crippen molar-refractivity contribution in [3.05, 3.63) is 35.4 Å². The summed E-state index contributed by atoms with van der Waals surface area (Å²) in [5.74, 6) is 0.452. The Kier molecular flexibility index (Phi) is 4.96. The minimum absolute atomic E-state index is 0.00449. The van der Waals surface area contributed by atoms with Gasteiger partial charge in [-0.05, 0) is 24.0 Å². The van der Waals surface area contributed by atoms with Gasteiger partial charge < -0.3 is 15.0 Å². The second-order valence-corrected chi connectivity index (χ2v) is 6.41. The lowest BCUT2D eigenvalue weighted by Crippen LogP contribution is -2.41. The molecule has 1 saturated heterocycles. The van der Waals surface area contributed by atoms with Crippen LogP contribution in [0.15, 0.2) is 24.3 Å². The maximum atomic E-state index is 12.4. The third kappa shape index (κ3) is 3.72. The van der Waals surface area contributed by atoms with Crippen molar-refractivity contribution in [2.75, 3.05) is 26.3 Å². The van der Waals surface area contributed by atoms with Gasteiger partial charge in [0.2, 0.25) is 11.8 Å². The van der Waals surface area contributed by atoms with Crippen LogP contribution in [0.3, 0.4) is 0 Å². The Labute approximate surface area is 137 Å². The van der Waals surface area contributed by atoms with Crippen LogP contribution in [-0.2, 0) is 20.7 Å². The van der Waals surface area contributed by atoms with Crippen molar-refractivity contribution in [1.82, 2.24) is 10.2 Å². The van der Waals surface area contributed by atoms with E-state index < -0.39 is 0 Å². The number of carbonyl (C=O) groups excluding carboxylic acids is 2. The van der Waals surface area contributed by atoms with Crippen molar-refractivity contribution in [2.24, 2.45) is 5.92 Å². The first-order chi connectivity index (χ1) is 11.1. The molecule has 2 amide bonds. The van der Waals surface area contributed by atoms with Gasteiger partial charge >= 0.3 is 0 Å². The van der Waals surface area contributed by atoms with E-state index in [2.05, 4.69) is 11.4 Å². The van der Waals surface area contributed by atoms with Crippen molar-refractivity contribution in [3.8, 4) is 0 Å². The second-order valence-electron chi connectivity index (χ2n) is 6.41. The number of ether oxygens (including phenoxy) is 1. The molecule has 0 bridgehead atoms. The number of benzene rings is 1. The van der Waals surface area contributed by atoms with E-state index in [-0.39, 0.29) is 17.9 Å². The fourth-order valence-corrected chi connectivity index (χ4v) is 3.50. The molecule has 2 aliphatic rings. The minimum atomic E-state index is -0.155. The van der Waals surface area contributed by atoms with Crippen LogP contribution in [0.4, 0.5) is 0 Å². The summed E-state index contributed by atoms with van der Waals surface area (Å²) in [5, 5.41) is 3.01. The smallest absolute Gasteiger partial charge is 0.222 e. The number of carbonyl (C=O) groups is 2. The average molecular weight is 316 g/mol. The number of hydrogen-bond donors (Lipinski definition) is 1. The van der Waals surface area contributed by atoms with Crippen LogP contribution < -0.4 is 5.32 Å². The van der Waals surface area contributed by atoms with Gasteiger partial charge in [0.15, 0.2) is 0 Å². The molecular formula is C18H24N2O3. The molecule has 0 saturated carbocycles. The molecule has 3 rings (SSSR count). The highest BCUT2D eigenvalue weighted by molar-refractivity contribution is 5.79. The number of nitrogens with zero attached hydrogens (tertiary/aromatic N) is 1. The number of rotatable bonds is 4. The van der Waals surface area contributed by atoms with Gasteiger partial charge in [0.1, 0.15) is 0 Å². The lowest BCUT2D eigenvalue weighted by Gasteiger charge is -2.36. The third-order valence-electron chi connectivity index (χ3n) is 4.81. The molecule has 1 aromatic rings. The molecule has 5 nitrogen and oxygen atoms in total. The zero-order valence-electron chi connectivity index (χ0n) is 13.6. The Balaban J connectivity index is 1.67. The average Bonchev–Trinajstić information content (AvgIpc) is 3.06. The van der Waals surface area contributed by atoms with Gasteiger partial charge in [-0.2, -0.15) is 0 Å². The van der Waals surface area contributed by atoms with Gasteiger partial charge in [0.25, 0.3) is 0 Å². The molecule has 0 aromatic heterocycles. The quantitative estimate of drug-likeness (QED) is 0.919. The molecule has 2 atom stereocenters. The lowest BCUT2D eigenvalue weighted by molar-refractivity contribution is -0.133. The van der Waals surface area contributed by atoms with E-state index in [0.29, 0.717) is 25.4 Å². The Morgan fingerprint density at radius 2 is 2.17 bits per heavy atom. The maximum absolute atomic E-state index is 12.4. The normalized spacial score (nSPS) is 23.4. The van der Waals surface area contributed by atoms with E-state index in [4.69, 9.17) is 4.74 Å². The van der Waals surface area contributed by atoms with Gasteiger partial charge in [0.05, 0.1) is 19.1 Å². The fourth-order valence-electron chi connectivity index (χ4n) is 3.50. The molecule has 0 spiro atoms. The Bertz CT molecular complexity index is 581. The maximum Gasteiger partial charge on any atom is 0.222 e. The van der Waals surface area contributed by atoms with E-state index in [0.717, 1.165) is 31.6 Å². The van der Waals surface area contributed by atoms with E-state index in [1.807, 2.05) is 23.1 Å². The summed E-state index contributed by atoms with van der Waals surface area (Å²) in [6.45, 7) is 4.43. The van der Waals surface area contributed by atoms with Gasteiger partial charge in [-0.3, -0.25) is 9.59 Å². The van der Waals surface area contributed by atoms with Gasteiger partial charge in [-0.15, -0.1) is 0 Å². The Morgan fingerprint density at radius 1 is 1.35 bits per heavy atom. The number of hydrogen-bond acceptors (Lipinski definition) is 3. The van der Waals surface area contributed by atoms with Crippen LogP contribution in [0, 0.1) is 5.92 Å². The van der Waals surface area contributed by atoms with Crippen LogP contribution in [0.5, 0.6) is 0 Å². The first kappa shape index (κ1) is 16.0. The van der Waals surface area contributed by atoms with E-state index in [9.17, 15) is 9.59 Å². The largest absolute Gasteiger partial charge is 0.381 e. The molecule has 0 aliphatic carbocycles. The summed E-state index contributed by atoms with van der Waals surface area (Å²) < 4.78 is 5.33. The number of amides is 2. The highest BCUT2D eigenvalue weighted by Gasteiger charge is 2.30. The summed E-state index contributed by atoms with van der Waals surface area (Å²) in [6, 6.07) is 7.96. The summed E-state index contributed by atoms with van der Waals surface area (Å²) in [5.41, 5.74) is 2.35. The van der Waals surface area contributed by atoms with Crippen LogP contribution in [0.25, 0.3) is 0 Å². The van der Waals surface area contributed by atoms with Gasteiger partial charge in [0, 0.05) is 32.5 Å². The molecule has 5 heteroatoms. The molecule has 2 heterocycles. The van der Waals surface area contributed by atoms with Crippen molar-refractivity contribution in [2.45, 2.75) is 32.2 Å². The molecule has 1 fully saturated rings. The summed E-state index contributed by atoms with van der Waals surface area (Å²) in [6.07, 6.45) is 2.18. The standard InChI is InChI=1S/C18H24N2O3/c1-13(21)20-8-6-15-4-2-3-5-16(15)17(20)10-18(22)19-11-14-7-9-23-12-14/h2-5,14,17H,6-12H2,1H3,(H,19,22)/t14-,17-/m0/s1. The molecule has 1 aromatic carbocycles. The summed E-state index contributed by atoms with van der Waals surface area (Å²) in [7, 11) is 0. The van der Waals surface area contributed by atoms with Crippen LogP contribution >= 0.6 is 0 Å².